The fourth-order valence-corrected chi connectivity index (χ4v) is 1.29. The summed E-state index contributed by atoms with van der Waals surface area (Å²) in [6, 6.07) is 0. The largest absolute Gasteiger partial charge is 0.275 e. The van der Waals surface area contributed by atoms with E-state index in [-0.39, 0.29) is 6.17 Å². The second-order valence-corrected chi connectivity index (χ2v) is 2.97. The summed E-state index contributed by atoms with van der Waals surface area (Å²) in [5, 5.41) is 14.5. The number of hydrogen-bond acceptors (Lipinski definition) is 4. The van der Waals surface area contributed by atoms with Gasteiger partial charge in [-0.05, 0) is 5.92 Å². The molecular weight excluding hydrogens is 140 g/mol. The Morgan fingerprint density at radius 2 is 2.27 bits per heavy atom. The van der Waals surface area contributed by atoms with Crippen molar-refractivity contribution in [3.8, 4) is 6.19 Å². The molecule has 1 aliphatic heterocycles. The molecule has 1 heterocycles. The SMILES string of the molecule is CC(C)C1N(C#N)C=NN1C. The quantitative estimate of drug-likeness (QED) is 0.518. The van der Waals surface area contributed by atoms with Gasteiger partial charge in [0.25, 0.3) is 0 Å². The lowest BCUT2D eigenvalue weighted by atomic mass is 10.1. The van der Waals surface area contributed by atoms with Gasteiger partial charge in [0, 0.05) is 7.05 Å². The number of rotatable bonds is 1. The van der Waals surface area contributed by atoms with Gasteiger partial charge in [-0.25, -0.2) is 4.90 Å². The van der Waals surface area contributed by atoms with Crippen LogP contribution < -0.4 is 0 Å². The van der Waals surface area contributed by atoms with Gasteiger partial charge in [-0.15, -0.1) is 0 Å². The van der Waals surface area contributed by atoms with E-state index < -0.39 is 0 Å². The highest BCUT2D eigenvalue weighted by molar-refractivity contribution is 5.59. The molecular formula is C7H12N4. The van der Waals surface area contributed by atoms with Crippen molar-refractivity contribution in [2.24, 2.45) is 11.0 Å². The van der Waals surface area contributed by atoms with Gasteiger partial charge in [-0.3, -0.25) is 5.01 Å². The van der Waals surface area contributed by atoms with Gasteiger partial charge in [-0.2, -0.15) is 10.4 Å². The van der Waals surface area contributed by atoms with E-state index in [4.69, 9.17) is 5.26 Å². The highest BCUT2D eigenvalue weighted by Gasteiger charge is 2.27. The summed E-state index contributed by atoms with van der Waals surface area (Å²) in [6.07, 6.45) is 3.73. The van der Waals surface area contributed by atoms with Crippen LogP contribution in [0.4, 0.5) is 0 Å². The first kappa shape index (κ1) is 7.86. The average molecular weight is 152 g/mol. The van der Waals surface area contributed by atoms with Gasteiger partial charge >= 0.3 is 0 Å². The minimum Gasteiger partial charge on any atom is -0.275 e. The van der Waals surface area contributed by atoms with Crippen LogP contribution >= 0.6 is 0 Å². The number of nitriles is 1. The lowest BCUT2D eigenvalue weighted by molar-refractivity contribution is 0.147. The van der Waals surface area contributed by atoms with Crippen LogP contribution in [0.25, 0.3) is 0 Å². The third-order valence-electron chi connectivity index (χ3n) is 1.74. The van der Waals surface area contributed by atoms with Crippen LogP contribution in [0.3, 0.4) is 0 Å². The Hall–Kier alpha value is -1.24. The zero-order valence-corrected chi connectivity index (χ0v) is 7.02. The minimum absolute atomic E-state index is 0.0972. The van der Waals surface area contributed by atoms with E-state index in [0.29, 0.717) is 5.92 Å². The molecule has 0 aliphatic carbocycles. The first-order valence-electron chi connectivity index (χ1n) is 3.62. The van der Waals surface area contributed by atoms with Crippen LogP contribution in [0.1, 0.15) is 13.8 Å². The van der Waals surface area contributed by atoms with Gasteiger partial charge in [0.15, 0.2) is 6.19 Å². The second-order valence-electron chi connectivity index (χ2n) is 2.97. The molecule has 1 atom stereocenters. The monoisotopic (exact) mass is 152 g/mol. The molecule has 11 heavy (non-hydrogen) atoms. The van der Waals surface area contributed by atoms with E-state index in [1.165, 1.54) is 0 Å². The van der Waals surface area contributed by atoms with Crippen molar-refractivity contribution in [3.05, 3.63) is 0 Å². The second kappa shape index (κ2) is 2.79. The average Bonchev–Trinajstić information content (AvgIpc) is 2.30. The summed E-state index contributed by atoms with van der Waals surface area (Å²) in [5.74, 6) is 0.405. The predicted molar refractivity (Wildman–Crippen MR) is 42.3 cm³/mol. The number of hydrazone groups is 1. The van der Waals surface area contributed by atoms with Crippen LogP contribution in [0, 0.1) is 17.4 Å². The molecule has 0 aromatic carbocycles. The van der Waals surface area contributed by atoms with Gasteiger partial charge < -0.3 is 0 Å². The lowest BCUT2D eigenvalue weighted by Crippen LogP contribution is -2.39. The molecule has 4 nitrogen and oxygen atoms in total. The maximum atomic E-state index is 8.66. The highest BCUT2D eigenvalue weighted by atomic mass is 15.6. The van der Waals surface area contributed by atoms with Crippen molar-refractivity contribution in [2.75, 3.05) is 7.05 Å². The third kappa shape index (κ3) is 1.27. The Morgan fingerprint density at radius 3 is 2.64 bits per heavy atom. The molecule has 0 radical (unpaired) electrons. The maximum Gasteiger partial charge on any atom is 0.187 e. The normalized spacial score (nSPS) is 23.0. The molecule has 0 amide bonds. The first-order valence-corrected chi connectivity index (χ1v) is 3.62. The summed E-state index contributed by atoms with van der Waals surface area (Å²) < 4.78 is 0. The number of nitrogens with zero attached hydrogens (tertiary/aromatic N) is 4. The smallest absolute Gasteiger partial charge is 0.187 e. The van der Waals surface area contributed by atoms with Crippen LogP contribution in [0.5, 0.6) is 0 Å². The van der Waals surface area contributed by atoms with E-state index in [1.807, 2.05) is 7.05 Å². The molecule has 0 bridgehead atoms. The third-order valence-corrected chi connectivity index (χ3v) is 1.74. The molecule has 0 saturated heterocycles. The predicted octanol–water partition coefficient (Wildman–Crippen LogP) is 0.640. The van der Waals surface area contributed by atoms with Crippen molar-refractivity contribution in [1.82, 2.24) is 9.91 Å². The molecule has 60 valence electrons. The van der Waals surface area contributed by atoms with Gasteiger partial charge in [0.2, 0.25) is 0 Å². The molecule has 1 rings (SSSR count). The van der Waals surface area contributed by atoms with E-state index in [1.54, 1.807) is 16.2 Å². The van der Waals surface area contributed by atoms with Gasteiger partial charge in [0.1, 0.15) is 12.5 Å². The van der Waals surface area contributed by atoms with Crippen LogP contribution in [-0.2, 0) is 0 Å². The Kier molecular flexibility index (Phi) is 1.99. The molecule has 0 fully saturated rings. The molecule has 0 spiro atoms. The molecule has 1 unspecified atom stereocenters. The Labute approximate surface area is 66.7 Å². The van der Waals surface area contributed by atoms with Crippen molar-refractivity contribution >= 4 is 6.34 Å². The fraction of sp³-hybridized carbons (Fsp3) is 0.714. The standard InChI is InChI=1S/C7H12N4/c1-6(2)7-10(3)9-5-11(7)4-8/h5-7H,1-3H3. The fourth-order valence-electron chi connectivity index (χ4n) is 1.29. The first-order chi connectivity index (χ1) is 5.16. The molecule has 0 N–H and O–H groups in total. The minimum atomic E-state index is 0.0972. The molecule has 1 aliphatic rings. The van der Waals surface area contributed by atoms with E-state index in [9.17, 15) is 0 Å². The Balaban J connectivity index is 2.71. The zero-order chi connectivity index (χ0) is 8.43. The Bertz CT molecular complexity index is 203. The van der Waals surface area contributed by atoms with Crippen molar-refractivity contribution in [3.63, 3.8) is 0 Å². The topological polar surface area (TPSA) is 42.6 Å². The van der Waals surface area contributed by atoms with Crippen LogP contribution in [-0.4, -0.2) is 29.5 Å². The van der Waals surface area contributed by atoms with Crippen LogP contribution in [0.2, 0.25) is 0 Å². The summed E-state index contributed by atoms with van der Waals surface area (Å²) in [4.78, 5) is 1.56. The van der Waals surface area contributed by atoms with Crippen molar-refractivity contribution < 1.29 is 0 Å². The highest BCUT2D eigenvalue weighted by Crippen LogP contribution is 2.16. The van der Waals surface area contributed by atoms with E-state index in [2.05, 4.69) is 25.1 Å². The zero-order valence-electron chi connectivity index (χ0n) is 7.02. The lowest BCUT2D eigenvalue weighted by Gasteiger charge is -2.26. The molecule has 0 aromatic rings. The molecule has 4 heteroatoms. The summed E-state index contributed by atoms with van der Waals surface area (Å²) >= 11 is 0. The maximum absolute atomic E-state index is 8.66. The summed E-state index contributed by atoms with van der Waals surface area (Å²) in [5.41, 5.74) is 0. The van der Waals surface area contributed by atoms with Crippen molar-refractivity contribution in [1.29, 1.82) is 5.26 Å². The van der Waals surface area contributed by atoms with Gasteiger partial charge in [-0.1, -0.05) is 13.8 Å². The summed E-state index contributed by atoms with van der Waals surface area (Å²) in [7, 11) is 1.87. The van der Waals surface area contributed by atoms with Crippen molar-refractivity contribution in [2.45, 2.75) is 20.0 Å². The summed E-state index contributed by atoms with van der Waals surface area (Å²) in [6.45, 7) is 4.14. The number of hydrogen-bond donors (Lipinski definition) is 0. The van der Waals surface area contributed by atoms with E-state index >= 15 is 0 Å². The Morgan fingerprint density at radius 1 is 1.64 bits per heavy atom. The van der Waals surface area contributed by atoms with E-state index in [0.717, 1.165) is 0 Å². The molecule has 0 aromatic heterocycles. The molecule has 0 saturated carbocycles. The van der Waals surface area contributed by atoms with Gasteiger partial charge in [0.05, 0.1) is 0 Å². The van der Waals surface area contributed by atoms with Crippen LogP contribution in [0.15, 0.2) is 5.10 Å².